The van der Waals surface area contributed by atoms with Crippen LogP contribution in [0.1, 0.15) is 16.1 Å². The maximum absolute atomic E-state index is 13.0. The molecular formula is C26H18N4O. The first-order valence-electron chi connectivity index (χ1n) is 9.92. The van der Waals surface area contributed by atoms with E-state index in [4.69, 9.17) is 4.98 Å². The number of hydrogen-bond donors (Lipinski definition) is 1. The topological polar surface area (TPSA) is 67.2 Å². The number of nitrogens with zero attached hydrogens (tertiary/aromatic N) is 3. The van der Waals surface area contributed by atoms with E-state index >= 15 is 0 Å². The Kier molecular flexibility index (Phi) is 4.91. The number of para-hydroxylation sites is 2. The lowest BCUT2D eigenvalue weighted by atomic mass is 10.0. The molecule has 1 N–H and O–H groups in total. The average Bonchev–Trinajstić information content (AvgIpc) is 2.83. The van der Waals surface area contributed by atoms with E-state index in [0.717, 1.165) is 33.1 Å². The second-order valence-corrected chi connectivity index (χ2v) is 7.07. The van der Waals surface area contributed by atoms with E-state index in [0.29, 0.717) is 11.3 Å². The van der Waals surface area contributed by atoms with E-state index in [1.165, 1.54) is 0 Å². The molecule has 0 aliphatic carbocycles. The minimum Gasteiger partial charge on any atom is -0.267 e. The second kappa shape index (κ2) is 8.16. The van der Waals surface area contributed by atoms with Crippen LogP contribution < -0.4 is 5.43 Å². The van der Waals surface area contributed by atoms with Crippen molar-refractivity contribution in [1.29, 1.82) is 0 Å². The SMILES string of the molecule is O=C(NN=Cc1ccc2ccccc2n1)c1cc(-c2ccccc2)nc2ccccc12. The fourth-order valence-electron chi connectivity index (χ4n) is 3.49. The van der Waals surface area contributed by atoms with Crippen LogP contribution in [0.2, 0.25) is 0 Å². The molecule has 0 saturated carbocycles. The molecule has 2 heterocycles. The van der Waals surface area contributed by atoms with Gasteiger partial charge in [0.15, 0.2) is 0 Å². The summed E-state index contributed by atoms with van der Waals surface area (Å²) < 4.78 is 0. The Labute approximate surface area is 179 Å². The van der Waals surface area contributed by atoms with Gasteiger partial charge in [-0.05, 0) is 24.3 Å². The number of fused-ring (bicyclic) bond motifs is 2. The number of rotatable bonds is 4. The van der Waals surface area contributed by atoms with Crippen LogP contribution in [0.25, 0.3) is 33.1 Å². The zero-order valence-electron chi connectivity index (χ0n) is 16.6. The second-order valence-electron chi connectivity index (χ2n) is 7.07. The van der Waals surface area contributed by atoms with Crippen molar-refractivity contribution in [3.8, 4) is 11.3 Å². The molecule has 148 valence electrons. The molecule has 5 aromatic rings. The molecule has 5 rings (SSSR count). The van der Waals surface area contributed by atoms with Crippen LogP contribution in [-0.2, 0) is 0 Å². The van der Waals surface area contributed by atoms with Gasteiger partial charge in [0.2, 0.25) is 0 Å². The number of hydrazone groups is 1. The largest absolute Gasteiger partial charge is 0.272 e. The Morgan fingerprint density at radius 2 is 1.52 bits per heavy atom. The van der Waals surface area contributed by atoms with Gasteiger partial charge in [0.25, 0.3) is 5.91 Å². The summed E-state index contributed by atoms with van der Waals surface area (Å²) in [4.78, 5) is 22.2. The zero-order valence-corrected chi connectivity index (χ0v) is 16.6. The zero-order chi connectivity index (χ0) is 21.0. The summed E-state index contributed by atoms with van der Waals surface area (Å²) in [6.07, 6.45) is 1.55. The lowest BCUT2D eigenvalue weighted by Crippen LogP contribution is -2.18. The van der Waals surface area contributed by atoms with Gasteiger partial charge in [0.05, 0.1) is 34.2 Å². The number of amides is 1. The summed E-state index contributed by atoms with van der Waals surface area (Å²) in [6, 6.07) is 30.9. The van der Waals surface area contributed by atoms with Crippen molar-refractivity contribution in [2.45, 2.75) is 0 Å². The van der Waals surface area contributed by atoms with Crippen molar-refractivity contribution in [2.24, 2.45) is 5.10 Å². The van der Waals surface area contributed by atoms with E-state index in [2.05, 4.69) is 15.5 Å². The summed E-state index contributed by atoms with van der Waals surface area (Å²) in [5.41, 5.74) is 7.15. The predicted octanol–water partition coefficient (Wildman–Crippen LogP) is 5.21. The minimum absolute atomic E-state index is 0.298. The quantitative estimate of drug-likeness (QED) is 0.331. The number of pyridine rings is 2. The third-order valence-corrected chi connectivity index (χ3v) is 5.01. The van der Waals surface area contributed by atoms with E-state index in [9.17, 15) is 4.79 Å². The highest BCUT2D eigenvalue weighted by molar-refractivity contribution is 6.07. The summed E-state index contributed by atoms with van der Waals surface area (Å²) in [7, 11) is 0. The number of hydrogen-bond acceptors (Lipinski definition) is 4. The Bertz CT molecular complexity index is 1430. The molecule has 0 saturated heterocycles. The van der Waals surface area contributed by atoms with E-state index in [-0.39, 0.29) is 5.91 Å². The van der Waals surface area contributed by atoms with Gasteiger partial charge < -0.3 is 0 Å². The Morgan fingerprint density at radius 3 is 2.39 bits per heavy atom. The van der Waals surface area contributed by atoms with Crippen LogP contribution in [-0.4, -0.2) is 22.1 Å². The van der Waals surface area contributed by atoms with Crippen LogP contribution in [0, 0.1) is 0 Å². The molecule has 2 aromatic heterocycles. The predicted molar refractivity (Wildman–Crippen MR) is 124 cm³/mol. The molecule has 1 amide bonds. The molecule has 0 unspecified atom stereocenters. The maximum atomic E-state index is 13.0. The first-order valence-corrected chi connectivity index (χ1v) is 9.92. The minimum atomic E-state index is -0.298. The average molecular weight is 402 g/mol. The van der Waals surface area contributed by atoms with Crippen molar-refractivity contribution >= 4 is 33.9 Å². The van der Waals surface area contributed by atoms with Gasteiger partial charge in [-0.25, -0.2) is 15.4 Å². The third-order valence-electron chi connectivity index (χ3n) is 5.01. The maximum Gasteiger partial charge on any atom is 0.272 e. The molecule has 0 spiro atoms. The van der Waals surface area contributed by atoms with Crippen molar-refractivity contribution in [1.82, 2.24) is 15.4 Å². The number of carbonyl (C=O) groups excluding carboxylic acids is 1. The molecule has 5 nitrogen and oxygen atoms in total. The number of aromatic nitrogens is 2. The van der Waals surface area contributed by atoms with E-state index in [1.807, 2.05) is 91.0 Å². The summed E-state index contributed by atoms with van der Waals surface area (Å²) in [5, 5.41) is 5.96. The van der Waals surface area contributed by atoms with Crippen molar-refractivity contribution in [3.63, 3.8) is 0 Å². The highest BCUT2D eigenvalue weighted by Gasteiger charge is 2.13. The van der Waals surface area contributed by atoms with E-state index < -0.39 is 0 Å². The highest BCUT2D eigenvalue weighted by atomic mass is 16.2. The molecule has 0 atom stereocenters. The van der Waals surface area contributed by atoms with Crippen molar-refractivity contribution in [2.75, 3.05) is 0 Å². The molecule has 31 heavy (non-hydrogen) atoms. The number of benzene rings is 3. The molecule has 3 aromatic carbocycles. The van der Waals surface area contributed by atoms with Gasteiger partial charge in [-0.15, -0.1) is 0 Å². The van der Waals surface area contributed by atoms with Crippen LogP contribution in [0.15, 0.2) is 102 Å². The van der Waals surface area contributed by atoms with Gasteiger partial charge in [0.1, 0.15) is 0 Å². The van der Waals surface area contributed by atoms with E-state index in [1.54, 1.807) is 12.3 Å². The van der Waals surface area contributed by atoms with Crippen LogP contribution in [0.4, 0.5) is 0 Å². The molecular weight excluding hydrogens is 384 g/mol. The lowest BCUT2D eigenvalue weighted by Gasteiger charge is -2.09. The fraction of sp³-hybridized carbons (Fsp3) is 0. The van der Waals surface area contributed by atoms with Crippen molar-refractivity contribution in [3.05, 3.63) is 108 Å². The smallest absolute Gasteiger partial charge is 0.267 e. The van der Waals surface area contributed by atoms with Gasteiger partial charge in [0, 0.05) is 16.3 Å². The first-order chi connectivity index (χ1) is 15.3. The standard InChI is InChI=1S/C26H18N4O/c31-26(30-27-17-20-15-14-19-10-4-6-12-23(19)28-20)22-16-25(18-8-2-1-3-9-18)29-24-13-7-5-11-21(22)24/h1-17H,(H,30,31). The number of nitrogens with one attached hydrogen (secondary N) is 1. The fourth-order valence-corrected chi connectivity index (χ4v) is 3.49. The number of carbonyl (C=O) groups is 1. The summed E-state index contributed by atoms with van der Waals surface area (Å²) in [6.45, 7) is 0. The van der Waals surface area contributed by atoms with Crippen LogP contribution in [0.5, 0.6) is 0 Å². The van der Waals surface area contributed by atoms with Gasteiger partial charge in [-0.1, -0.05) is 72.8 Å². The van der Waals surface area contributed by atoms with Crippen LogP contribution in [0.3, 0.4) is 0 Å². The summed E-state index contributed by atoms with van der Waals surface area (Å²) in [5.74, 6) is -0.298. The molecule has 0 aliphatic heterocycles. The molecule has 0 aliphatic rings. The van der Waals surface area contributed by atoms with Crippen LogP contribution >= 0.6 is 0 Å². The Balaban J connectivity index is 1.45. The van der Waals surface area contributed by atoms with Gasteiger partial charge >= 0.3 is 0 Å². The van der Waals surface area contributed by atoms with Crippen molar-refractivity contribution < 1.29 is 4.79 Å². The molecule has 0 radical (unpaired) electrons. The lowest BCUT2D eigenvalue weighted by molar-refractivity contribution is 0.0956. The first kappa shape index (κ1) is 18.6. The normalized spacial score (nSPS) is 11.2. The Hall–Kier alpha value is -4.38. The van der Waals surface area contributed by atoms with Gasteiger partial charge in [-0.3, -0.25) is 4.79 Å². The molecule has 0 fully saturated rings. The molecule has 5 heteroatoms. The third kappa shape index (κ3) is 3.89. The molecule has 0 bridgehead atoms. The summed E-state index contributed by atoms with van der Waals surface area (Å²) >= 11 is 0. The highest BCUT2D eigenvalue weighted by Crippen LogP contribution is 2.24. The van der Waals surface area contributed by atoms with Gasteiger partial charge in [-0.2, -0.15) is 5.10 Å². The Morgan fingerprint density at radius 1 is 0.774 bits per heavy atom. The monoisotopic (exact) mass is 402 g/mol.